The lowest BCUT2D eigenvalue weighted by Gasteiger charge is -2.33. The number of anilines is 1. The summed E-state index contributed by atoms with van der Waals surface area (Å²) in [4.78, 5) is 34.0. The van der Waals surface area contributed by atoms with Gasteiger partial charge in [0.15, 0.2) is 0 Å². The largest absolute Gasteiger partial charge is 0.416 e. The lowest BCUT2D eigenvalue weighted by molar-refractivity contribution is -0.137. The summed E-state index contributed by atoms with van der Waals surface area (Å²) in [6.07, 6.45) is -1.54. The highest BCUT2D eigenvalue weighted by atomic mass is 19.4. The number of likely N-dealkylation sites (tertiary alicyclic amines) is 1. The first-order valence-corrected chi connectivity index (χ1v) is 9.87. The molecule has 0 spiro atoms. The number of piperidine rings is 1. The SMILES string of the molecule is Nc1ncc(-c2ccc(C(F)(F)F)cc2)c(C2CCCN(C(=O)c3ccc(=O)[nH]n3)C2)n1. The van der Waals surface area contributed by atoms with Gasteiger partial charge in [-0.15, -0.1) is 0 Å². The quantitative estimate of drug-likeness (QED) is 0.642. The van der Waals surface area contributed by atoms with E-state index in [4.69, 9.17) is 5.73 Å². The van der Waals surface area contributed by atoms with Gasteiger partial charge in [0, 0.05) is 36.8 Å². The van der Waals surface area contributed by atoms with E-state index in [1.165, 1.54) is 30.5 Å². The van der Waals surface area contributed by atoms with E-state index in [0.717, 1.165) is 12.1 Å². The molecule has 3 N–H and O–H groups in total. The molecule has 1 aliphatic heterocycles. The van der Waals surface area contributed by atoms with Crippen molar-refractivity contribution in [3.63, 3.8) is 0 Å². The molecule has 11 heteroatoms. The smallest absolute Gasteiger partial charge is 0.368 e. The molecule has 2 aromatic heterocycles. The topological polar surface area (TPSA) is 118 Å². The van der Waals surface area contributed by atoms with Crippen LogP contribution in [-0.4, -0.2) is 44.1 Å². The molecule has 3 heterocycles. The molecule has 3 aromatic rings. The van der Waals surface area contributed by atoms with Gasteiger partial charge < -0.3 is 10.6 Å². The number of aromatic amines is 1. The molecule has 8 nitrogen and oxygen atoms in total. The van der Waals surface area contributed by atoms with Gasteiger partial charge in [-0.1, -0.05) is 12.1 Å². The molecule has 32 heavy (non-hydrogen) atoms. The molecule has 1 aliphatic rings. The molecule has 166 valence electrons. The fraction of sp³-hybridized carbons (Fsp3) is 0.286. The summed E-state index contributed by atoms with van der Waals surface area (Å²) in [5.74, 6) is -0.483. The van der Waals surface area contributed by atoms with Crippen LogP contribution in [0, 0.1) is 0 Å². The van der Waals surface area contributed by atoms with Crippen molar-refractivity contribution in [2.45, 2.75) is 24.9 Å². The van der Waals surface area contributed by atoms with Crippen LogP contribution in [0.1, 0.15) is 40.5 Å². The van der Waals surface area contributed by atoms with Gasteiger partial charge in [0.05, 0.1) is 11.3 Å². The fourth-order valence-electron chi connectivity index (χ4n) is 3.79. The van der Waals surface area contributed by atoms with Crippen LogP contribution in [0.25, 0.3) is 11.1 Å². The van der Waals surface area contributed by atoms with E-state index in [1.54, 1.807) is 4.90 Å². The number of H-pyrrole nitrogens is 1. The first-order valence-electron chi connectivity index (χ1n) is 9.87. The third-order valence-corrected chi connectivity index (χ3v) is 5.35. The summed E-state index contributed by atoms with van der Waals surface area (Å²) in [6, 6.07) is 7.35. The van der Waals surface area contributed by atoms with E-state index in [2.05, 4.69) is 20.2 Å². The lowest BCUT2D eigenvalue weighted by Crippen LogP contribution is -2.40. The number of carbonyl (C=O) groups is 1. The van der Waals surface area contributed by atoms with E-state index in [0.29, 0.717) is 42.8 Å². The summed E-state index contributed by atoms with van der Waals surface area (Å²) in [5, 5.41) is 6.04. The average Bonchev–Trinajstić information content (AvgIpc) is 2.79. The highest BCUT2D eigenvalue weighted by Gasteiger charge is 2.31. The normalized spacial score (nSPS) is 16.7. The van der Waals surface area contributed by atoms with Crippen molar-refractivity contribution < 1.29 is 18.0 Å². The van der Waals surface area contributed by atoms with Crippen LogP contribution < -0.4 is 11.3 Å². The van der Waals surface area contributed by atoms with Gasteiger partial charge >= 0.3 is 6.18 Å². The molecule has 1 saturated heterocycles. The number of nitrogens with zero attached hydrogens (tertiary/aromatic N) is 4. The van der Waals surface area contributed by atoms with E-state index in [9.17, 15) is 22.8 Å². The number of nitrogens with one attached hydrogen (secondary N) is 1. The minimum atomic E-state index is -4.43. The van der Waals surface area contributed by atoms with Gasteiger partial charge in [-0.2, -0.15) is 18.3 Å². The number of carbonyl (C=O) groups excluding carboxylic acids is 1. The van der Waals surface area contributed by atoms with Crippen molar-refractivity contribution in [2.75, 3.05) is 18.8 Å². The highest BCUT2D eigenvalue weighted by Crippen LogP contribution is 2.35. The van der Waals surface area contributed by atoms with Crippen LogP contribution in [0.15, 0.2) is 47.4 Å². The third kappa shape index (κ3) is 4.46. The second-order valence-electron chi connectivity index (χ2n) is 7.50. The van der Waals surface area contributed by atoms with Crippen molar-refractivity contribution in [1.29, 1.82) is 0 Å². The predicted molar refractivity (Wildman–Crippen MR) is 110 cm³/mol. The number of aromatic nitrogens is 4. The number of amides is 1. The van der Waals surface area contributed by atoms with Crippen molar-refractivity contribution in [3.8, 4) is 11.1 Å². The Morgan fingerprint density at radius 2 is 1.91 bits per heavy atom. The first-order chi connectivity index (χ1) is 15.2. The number of alkyl halides is 3. The third-order valence-electron chi connectivity index (χ3n) is 5.35. The van der Waals surface area contributed by atoms with Crippen LogP contribution in [0.2, 0.25) is 0 Å². The summed E-state index contributed by atoms with van der Waals surface area (Å²) < 4.78 is 38.8. The molecule has 0 aliphatic carbocycles. The van der Waals surface area contributed by atoms with E-state index < -0.39 is 17.3 Å². The summed E-state index contributed by atoms with van der Waals surface area (Å²) >= 11 is 0. The van der Waals surface area contributed by atoms with Gasteiger partial charge in [0.2, 0.25) is 5.95 Å². The standard InChI is InChI=1S/C21H19F3N6O2/c22-21(23,24)14-5-3-12(4-6-14)15-10-26-20(25)27-18(15)13-2-1-9-30(11-13)19(32)16-7-8-17(31)29-28-16/h3-8,10,13H,1-2,9,11H2,(H,29,31)(H2,25,26,27). The van der Waals surface area contributed by atoms with Gasteiger partial charge in [-0.05, 0) is 36.6 Å². The monoisotopic (exact) mass is 444 g/mol. The number of hydrogen-bond donors (Lipinski definition) is 2. The molecular formula is C21H19F3N6O2. The number of benzene rings is 1. The van der Waals surface area contributed by atoms with Crippen LogP contribution in [0.3, 0.4) is 0 Å². The number of hydrogen-bond acceptors (Lipinski definition) is 6. The van der Waals surface area contributed by atoms with Crippen LogP contribution in [0.5, 0.6) is 0 Å². The lowest BCUT2D eigenvalue weighted by atomic mass is 9.89. The maximum absolute atomic E-state index is 12.9. The summed E-state index contributed by atoms with van der Waals surface area (Å²) in [7, 11) is 0. The molecule has 1 aromatic carbocycles. The summed E-state index contributed by atoms with van der Waals surface area (Å²) in [6.45, 7) is 0.829. The van der Waals surface area contributed by atoms with Crippen LogP contribution in [-0.2, 0) is 6.18 Å². The maximum Gasteiger partial charge on any atom is 0.416 e. The molecule has 4 rings (SSSR count). The second kappa shape index (κ2) is 8.40. The van der Waals surface area contributed by atoms with Crippen LogP contribution in [0.4, 0.5) is 19.1 Å². The minimum Gasteiger partial charge on any atom is -0.368 e. The molecule has 1 amide bonds. The Bertz CT molecular complexity index is 1170. The van der Waals surface area contributed by atoms with Crippen LogP contribution >= 0.6 is 0 Å². The number of nitrogens with two attached hydrogens (primary N) is 1. The summed E-state index contributed by atoms with van der Waals surface area (Å²) in [5.41, 5.74) is 6.43. The zero-order chi connectivity index (χ0) is 22.9. The van der Waals surface area contributed by atoms with Crippen molar-refractivity contribution in [3.05, 3.63) is 69.9 Å². The highest BCUT2D eigenvalue weighted by molar-refractivity contribution is 5.92. The molecular weight excluding hydrogens is 425 g/mol. The molecule has 1 unspecified atom stereocenters. The fourth-order valence-corrected chi connectivity index (χ4v) is 3.79. The predicted octanol–water partition coefficient (Wildman–Crippen LogP) is 2.85. The van der Waals surface area contributed by atoms with E-state index in [-0.39, 0.29) is 23.5 Å². The van der Waals surface area contributed by atoms with Gasteiger partial charge in [0.1, 0.15) is 5.69 Å². The molecule has 0 bridgehead atoms. The maximum atomic E-state index is 12.9. The minimum absolute atomic E-state index is 0.0430. The Morgan fingerprint density at radius 1 is 1.16 bits per heavy atom. The molecule has 1 atom stereocenters. The van der Waals surface area contributed by atoms with Gasteiger partial charge in [-0.25, -0.2) is 15.1 Å². The Balaban J connectivity index is 1.63. The Labute approximate surface area is 180 Å². The van der Waals surface area contributed by atoms with E-state index >= 15 is 0 Å². The Kier molecular flexibility index (Phi) is 5.64. The zero-order valence-electron chi connectivity index (χ0n) is 16.8. The number of halogens is 3. The Hall–Kier alpha value is -3.76. The first kappa shape index (κ1) is 21.5. The van der Waals surface area contributed by atoms with Crippen molar-refractivity contribution >= 4 is 11.9 Å². The second-order valence-corrected chi connectivity index (χ2v) is 7.50. The number of nitrogen functional groups attached to an aromatic ring is 1. The van der Waals surface area contributed by atoms with E-state index in [1.807, 2.05) is 0 Å². The molecule has 0 saturated carbocycles. The molecule has 0 radical (unpaired) electrons. The van der Waals surface area contributed by atoms with Gasteiger partial charge in [0.25, 0.3) is 11.5 Å². The zero-order valence-corrected chi connectivity index (χ0v) is 16.8. The molecule has 1 fully saturated rings. The average molecular weight is 444 g/mol. The van der Waals surface area contributed by atoms with Crippen molar-refractivity contribution in [2.24, 2.45) is 0 Å². The van der Waals surface area contributed by atoms with Gasteiger partial charge in [-0.3, -0.25) is 9.59 Å². The van der Waals surface area contributed by atoms with Crippen molar-refractivity contribution in [1.82, 2.24) is 25.1 Å². The Morgan fingerprint density at radius 3 is 2.56 bits per heavy atom. The number of rotatable bonds is 3.